The number of para-hydroxylation sites is 1. The molecule has 38 heavy (non-hydrogen) atoms. The molecule has 0 aliphatic rings. The molecule has 0 aliphatic heterocycles. The van der Waals surface area contributed by atoms with Crippen LogP contribution in [-0.4, -0.2) is 26.1 Å². The van der Waals surface area contributed by atoms with E-state index in [1.165, 1.54) is 18.3 Å². The third-order valence-corrected chi connectivity index (χ3v) is 5.64. The van der Waals surface area contributed by atoms with Crippen LogP contribution in [0.4, 0.5) is 34.9 Å². The Morgan fingerprint density at radius 1 is 0.789 bits per heavy atom. The Labute approximate surface area is 225 Å². The van der Waals surface area contributed by atoms with Crippen LogP contribution in [0.1, 0.15) is 5.76 Å². The Hall–Kier alpha value is -5.10. The number of aromatic nitrogens is 3. The molecule has 5 aromatic rings. The first-order valence-corrected chi connectivity index (χ1v) is 12.1. The molecule has 0 saturated heterocycles. The lowest BCUT2D eigenvalue weighted by atomic mass is 10.2. The van der Waals surface area contributed by atoms with Crippen molar-refractivity contribution in [2.45, 2.75) is 0 Å². The molecule has 0 radical (unpaired) electrons. The minimum absolute atomic E-state index is 0.0180. The van der Waals surface area contributed by atoms with Crippen LogP contribution in [0.5, 0.6) is 0 Å². The van der Waals surface area contributed by atoms with Gasteiger partial charge in [-0.05, 0) is 48.5 Å². The number of nitrogens with zero attached hydrogens (tertiary/aromatic N) is 5. The predicted molar refractivity (Wildman–Crippen MR) is 149 cm³/mol. The number of nitrogens with one attached hydrogen (secondary N) is 3. The molecule has 0 fully saturated rings. The minimum Gasteiger partial charge on any atom is -0.455 e. The summed E-state index contributed by atoms with van der Waals surface area (Å²) in [5.41, 5.74) is 5.07. The largest absolute Gasteiger partial charge is 0.455 e. The van der Waals surface area contributed by atoms with E-state index in [9.17, 15) is 10.1 Å². The second-order valence-electron chi connectivity index (χ2n) is 7.81. The van der Waals surface area contributed by atoms with Crippen LogP contribution in [0.15, 0.2) is 105 Å². The zero-order chi connectivity index (χ0) is 26.3. The van der Waals surface area contributed by atoms with Crippen molar-refractivity contribution in [2.75, 3.05) is 16.1 Å². The monoisotopic (exact) mass is 570 g/mol. The first-order chi connectivity index (χ1) is 18.5. The number of hydrazone groups is 1. The van der Waals surface area contributed by atoms with E-state index in [1.54, 1.807) is 18.2 Å². The summed E-state index contributed by atoms with van der Waals surface area (Å²) in [5, 5.41) is 21.3. The van der Waals surface area contributed by atoms with Gasteiger partial charge in [0.05, 0.1) is 11.1 Å². The number of nitro groups is 1. The lowest BCUT2D eigenvalue weighted by Gasteiger charge is -2.10. The lowest BCUT2D eigenvalue weighted by molar-refractivity contribution is -0.384. The van der Waals surface area contributed by atoms with Crippen molar-refractivity contribution < 1.29 is 9.34 Å². The molecular formula is C26H19BrN8O3. The Kier molecular flexibility index (Phi) is 7.32. The third kappa shape index (κ3) is 6.36. The smallest absolute Gasteiger partial charge is 0.269 e. The SMILES string of the molecule is O=[N+]([O-])c1ccc(Nc2nc(N/N=C\c3ccc(-c4ccc(Br)cc4)o3)nc(Nc3ccccc3)n2)cc1. The van der Waals surface area contributed by atoms with E-state index in [1.807, 2.05) is 60.7 Å². The van der Waals surface area contributed by atoms with Crippen LogP contribution in [-0.2, 0) is 0 Å². The van der Waals surface area contributed by atoms with Crippen LogP contribution in [0.2, 0.25) is 0 Å². The summed E-state index contributed by atoms with van der Waals surface area (Å²) in [7, 11) is 0. The number of halogens is 1. The zero-order valence-electron chi connectivity index (χ0n) is 19.6. The molecule has 0 spiro atoms. The fourth-order valence-electron chi connectivity index (χ4n) is 3.33. The Bertz CT molecular complexity index is 1570. The summed E-state index contributed by atoms with van der Waals surface area (Å²) in [6.45, 7) is 0. The van der Waals surface area contributed by atoms with Crippen molar-refractivity contribution in [3.05, 3.63) is 111 Å². The van der Waals surface area contributed by atoms with Gasteiger partial charge in [-0.25, -0.2) is 5.43 Å². The Morgan fingerprint density at radius 3 is 2.08 bits per heavy atom. The molecule has 5 rings (SSSR count). The molecule has 11 nitrogen and oxygen atoms in total. The highest BCUT2D eigenvalue weighted by atomic mass is 79.9. The average molecular weight is 571 g/mol. The van der Waals surface area contributed by atoms with Gasteiger partial charge in [0.1, 0.15) is 11.5 Å². The average Bonchev–Trinajstić information content (AvgIpc) is 3.39. The van der Waals surface area contributed by atoms with Crippen molar-refractivity contribution >= 4 is 57.1 Å². The van der Waals surface area contributed by atoms with E-state index in [4.69, 9.17) is 4.42 Å². The quantitative estimate of drug-likeness (QED) is 0.0996. The van der Waals surface area contributed by atoms with Crippen LogP contribution in [0, 0.1) is 10.1 Å². The maximum atomic E-state index is 10.9. The van der Waals surface area contributed by atoms with Crippen LogP contribution < -0.4 is 16.1 Å². The molecule has 0 aliphatic carbocycles. The number of rotatable bonds is 9. The summed E-state index contributed by atoms with van der Waals surface area (Å²) < 4.78 is 6.83. The second kappa shape index (κ2) is 11.3. The normalized spacial score (nSPS) is 10.9. The fraction of sp³-hybridized carbons (Fsp3) is 0. The van der Waals surface area contributed by atoms with Crippen molar-refractivity contribution in [1.82, 2.24) is 15.0 Å². The van der Waals surface area contributed by atoms with Crippen molar-refractivity contribution in [2.24, 2.45) is 5.10 Å². The highest BCUT2D eigenvalue weighted by Crippen LogP contribution is 2.24. The van der Waals surface area contributed by atoms with Gasteiger partial charge in [0.2, 0.25) is 17.8 Å². The van der Waals surface area contributed by atoms with Gasteiger partial charge in [0.25, 0.3) is 5.69 Å². The number of nitro benzene ring substituents is 1. The first-order valence-electron chi connectivity index (χ1n) is 11.3. The van der Waals surface area contributed by atoms with E-state index >= 15 is 0 Å². The summed E-state index contributed by atoms with van der Waals surface area (Å²) in [6.07, 6.45) is 1.51. The highest BCUT2D eigenvalue weighted by molar-refractivity contribution is 9.10. The molecule has 12 heteroatoms. The number of anilines is 5. The summed E-state index contributed by atoms with van der Waals surface area (Å²) >= 11 is 3.42. The molecule has 2 heterocycles. The molecule has 0 saturated carbocycles. The van der Waals surface area contributed by atoms with E-state index in [-0.39, 0.29) is 23.5 Å². The number of benzene rings is 3. The third-order valence-electron chi connectivity index (χ3n) is 5.11. The number of hydrogen-bond acceptors (Lipinski definition) is 10. The van der Waals surface area contributed by atoms with Gasteiger partial charge in [-0.3, -0.25) is 10.1 Å². The van der Waals surface area contributed by atoms with Gasteiger partial charge in [0.15, 0.2) is 0 Å². The fourth-order valence-corrected chi connectivity index (χ4v) is 3.59. The zero-order valence-corrected chi connectivity index (χ0v) is 21.2. The Balaban J connectivity index is 1.34. The molecular weight excluding hydrogens is 552 g/mol. The van der Waals surface area contributed by atoms with Crippen molar-refractivity contribution in [3.8, 4) is 11.3 Å². The van der Waals surface area contributed by atoms with Gasteiger partial charge in [0, 0.05) is 33.5 Å². The maximum absolute atomic E-state index is 10.9. The van der Waals surface area contributed by atoms with Gasteiger partial charge in [-0.2, -0.15) is 20.1 Å². The molecule has 2 aromatic heterocycles. The molecule has 3 aromatic carbocycles. The van der Waals surface area contributed by atoms with Crippen molar-refractivity contribution in [3.63, 3.8) is 0 Å². The predicted octanol–water partition coefficient (Wildman–Crippen LogP) is 6.74. The van der Waals surface area contributed by atoms with Gasteiger partial charge >= 0.3 is 0 Å². The van der Waals surface area contributed by atoms with Crippen LogP contribution in [0.25, 0.3) is 11.3 Å². The molecule has 0 atom stereocenters. The van der Waals surface area contributed by atoms with Crippen LogP contribution in [0.3, 0.4) is 0 Å². The number of furan rings is 1. The standard InChI is InChI=1S/C26H19BrN8O3/c27-18-8-6-17(7-9-18)23-15-14-22(38-23)16-28-34-26-32-24(29-19-4-2-1-3-5-19)31-25(33-26)30-20-10-12-21(13-11-20)35(36)37/h1-16H,(H3,29,30,31,32,33,34)/b28-16-. The van der Waals surface area contributed by atoms with Gasteiger partial charge in [-0.1, -0.05) is 46.3 Å². The highest BCUT2D eigenvalue weighted by Gasteiger charge is 2.10. The second-order valence-corrected chi connectivity index (χ2v) is 8.72. The van der Waals surface area contributed by atoms with Crippen molar-refractivity contribution in [1.29, 1.82) is 0 Å². The van der Waals surface area contributed by atoms with E-state index in [0.717, 1.165) is 15.7 Å². The first kappa shape index (κ1) is 24.6. The van der Waals surface area contributed by atoms with E-state index in [2.05, 4.69) is 52.0 Å². The molecule has 3 N–H and O–H groups in total. The summed E-state index contributed by atoms with van der Waals surface area (Å²) in [4.78, 5) is 23.6. The molecule has 0 unspecified atom stereocenters. The van der Waals surface area contributed by atoms with E-state index < -0.39 is 4.92 Å². The van der Waals surface area contributed by atoms with Gasteiger partial charge < -0.3 is 15.1 Å². The number of hydrogen-bond donors (Lipinski definition) is 3. The maximum Gasteiger partial charge on any atom is 0.269 e. The number of non-ortho nitro benzene ring substituents is 1. The minimum atomic E-state index is -0.463. The molecule has 188 valence electrons. The van der Waals surface area contributed by atoms with E-state index in [0.29, 0.717) is 17.2 Å². The van der Waals surface area contributed by atoms with Crippen LogP contribution >= 0.6 is 15.9 Å². The molecule has 0 bridgehead atoms. The lowest BCUT2D eigenvalue weighted by Crippen LogP contribution is -2.07. The summed E-state index contributed by atoms with van der Waals surface area (Å²) in [5.74, 6) is 1.89. The Morgan fingerprint density at radius 2 is 1.42 bits per heavy atom. The van der Waals surface area contributed by atoms with Gasteiger partial charge in [-0.15, -0.1) is 0 Å². The topological polar surface area (TPSA) is 143 Å². The summed E-state index contributed by atoms with van der Waals surface area (Å²) in [6, 6.07) is 26.8. The molecule has 0 amide bonds.